The number of carbonyl (C=O) groups is 1. The number of non-ortho nitro benzene ring substituents is 1. The normalized spacial score (nSPS) is 14.4. The molecule has 8 nitrogen and oxygen atoms in total. The Morgan fingerprint density at radius 1 is 1.18 bits per heavy atom. The van der Waals surface area contributed by atoms with Gasteiger partial charge in [0.05, 0.1) is 10.5 Å². The largest absolute Gasteiger partial charge is 0.457 e. The quantitative estimate of drug-likeness (QED) is 0.412. The first-order valence-electron chi connectivity index (χ1n) is 9.36. The van der Waals surface area contributed by atoms with Gasteiger partial charge >= 0.3 is 0 Å². The van der Waals surface area contributed by atoms with Gasteiger partial charge in [-0.1, -0.05) is 18.2 Å². The van der Waals surface area contributed by atoms with Crippen molar-refractivity contribution in [1.82, 2.24) is 15.5 Å². The molecule has 2 aromatic rings. The van der Waals surface area contributed by atoms with Gasteiger partial charge in [0.15, 0.2) is 0 Å². The van der Waals surface area contributed by atoms with E-state index in [0.717, 1.165) is 39.1 Å². The number of nitrogens with one attached hydrogen (secondary N) is 2. The van der Waals surface area contributed by atoms with Crippen molar-refractivity contribution in [3.8, 4) is 11.5 Å². The van der Waals surface area contributed by atoms with Gasteiger partial charge in [0, 0.05) is 44.9 Å². The number of nitrogens with zero attached hydrogens (tertiary/aromatic N) is 2. The van der Waals surface area contributed by atoms with E-state index in [1.165, 1.54) is 18.2 Å². The SMILES string of the molecule is O=C(NCCCN1CCNCC1)c1cc([N+](=O)[O-])ccc1Oc1ccccc1. The predicted octanol–water partition coefficient (Wildman–Crippen LogP) is 2.41. The first-order valence-corrected chi connectivity index (χ1v) is 9.36. The molecule has 0 aromatic heterocycles. The summed E-state index contributed by atoms with van der Waals surface area (Å²) in [4.78, 5) is 25.6. The third-order valence-electron chi connectivity index (χ3n) is 4.54. The maximum atomic E-state index is 12.6. The molecule has 28 heavy (non-hydrogen) atoms. The highest BCUT2D eigenvalue weighted by Crippen LogP contribution is 2.28. The second-order valence-corrected chi connectivity index (χ2v) is 6.55. The minimum atomic E-state index is -0.520. The second-order valence-electron chi connectivity index (χ2n) is 6.55. The van der Waals surface area contributed by atoms with Gasteiger partial charge in [-0.3, -0.25) is 14.9 Å². The van der Waals surface area contributed by atoms with Crippen LogP contribution in [0.5, 0.6) is 11.5 Å². The number of ether oxygens (including phenoxy) is 1. The first kappa shape index (κ1) is 19.8. The lowest BCUT2D eigenvalue weighted by molar-refractivity contribution is -0.384. The van der Waals surface area contributed by atoms with Crippen molar-refractivity contribution in [2.45, 2.75) is 6.42 Å². The Morgan fingerprint density at radius 3 is 2.64 bits per heavy atom. The zero-order valence-electron chi connectivity index (χ0n) is 15.6. The minimum absolute atomic E-state index is 0.147. The van der Waals surface area contributed by atoms with Crippen LogP contribution in [0, 0.1) is 10.1 Å². The molecule has 8 heteroatoms. The summed E-state index contributed by atoms with van der Waals surface area (Å²) in [6.07, 6.45) is 0.815. The van der Waals surface area contributed by atoms with Gasteiger partial charge in [0.2, 0.25) is 0 Å². The third kappa shape index (κ3) is 5.51. The molecule has 1 saturated heterocycles. The molecule has 0 aliphatic carbocycles. The molecule has 0 radical (unpaired) electrons. The van der Waals surface area contributed by atoms with E-state index >= 15 is 0 Å². The summed E-state index contributed by atoms with van der Waals surface area (Å²) >= 11 is 0. The highest BCUT2D eigenvalue weighted by atomic mass is 16.6. The molecule has 1 aliphatic rings. The van der Waals surface area contributed by atoms with Crippen molar-refractivity contribution in [3.63, 3.8) is 0 Å². The summed E-state index contributed by atoms with van der Waals surface area (Å²) in [5.41, 5.74) is 0.00611. The van der Waals surface area contributed by atoms with Crippen molar-refractivity contribution >= 4 is 11.6 Å². The molecule has 1 amide bonds. The molecule has 2 N–H and O–H groups in total. The molecule has 2 aromatic carbocycles. The number of benzene rings is 2. The van der Waals surface area contributed by atoms with Crippen LogP contribution in [0.4, 0.5) is 5.69 Å². The number of carbonyl (C=O) groups excluding carboxylic acids is 1. The Morgan fingerprint density at radius 2 is 1.93 bits per heavy atom. The third-order valence-corrected chi connectivity index (χ3v) is 4.54. The van der Waals surface area contributed by atoms with Gasteiger partial charge in [-0.05, 0) is 31.2 Å². The lowest BCUT2D eigenvalue weighted by Crippen LogP contribution is -2.44. The van der Waals surface area contributed by atoms with Crippen molar-refractivity contribution in [1.29, 1.82) is 0 Å². The number of hydrogen-bond acceptors (Lipinski definition) is 6. The van der Waals surface area contributed by atoms with Crippen LogP contribution in [-0.2, 0) is 0 Å². The summed E-state index contributed by atoms with van der Waals surface area (Å²) in [5.74, 6) is 0.468. The number of piperazine rings is 1. The molecule has 1 aliphatic heterocycles. The Kier molecular flexibility index (Phi) is 6.94. The van der Waals surface area contributed by atoms with E-state index in [1.54, 1.807) is 12.1 Å². The Bertz CT molecular complexity index is 807. The molecule has 0 spiro atoms. The van der Waals surface area contributed by atoms with E-state index in [2.05, 4.69) is 15.5 Å². The van der Waals surface area contributed by atoms with Crippen LogP contribution in [0.25, 0.3) is 0 Å². The standard InChI is InChI=1S/C20H24N4O4/c25-20(22-9-4-12-23-13-10-21-11-14-23)18-15-16(24(26)27)7-8-19(18)28-17-5-2-1-3-6-17/h1-3,5-8,15,21H,4,9-14H2,(H,22,25). The van der Waals surface area contributed by atoms with Crippen LogP contribution in [0.2, 0.25) is 0 Å². The van der Waals surface area contributed by atoms with E-state index in [9.17, 15) is 14.9 Å². The maximum absolute atomic E-state index is 12.6. The molecular formula is C20H24N4O4. The van der Waals surface area contributed by atoms with Gasteiger partial charge in [0.1, 0.15) is 11.5 Å². The van der Waals surface area contributed by atoms with Gasteiger partial charge in [-0.15, -0.1) is 0 Å². The second kappa shape index (κ2) is 9.82. The van der Waals surface area contributed by atoms with Gasteiger partial charge in [-0.2, -0.15) is 0 Å². The van der Waals surface area contributed by atoms with Crippen LogP contribution in [0.15, 0.2) is 48.5 Å². The molecule has 0 bridgehead atoms. The van der Waals surface area contributed by atoms with Gasteiger partial charge in [0.25, 0.3) is 11.6 Å². The van der Waals surface area contributed by atoms with Crippen LogP contribution in [0.1, 0.15) is 16.8 Å². The predicted molar refractivity (Wildman–Crippen MR) is 106 cm³/mol. The van der Waals surface area contributed by atoms with E-state index in [4.69, 9.17) is 4.74 Å². The number of hydrogen-bond donors (Lipinski definition) is 2. The molecule has 1 heterocycles. The molecule has 0 saturated carbocycles. The smallest absolute Gasteiger partial charge is 0.270 e. The summed E-state index contributed by atoms with van der Waals surface area (Å²) in [6.45, 7) is 5.39. The summed E-state index contributed by atoms with van der Waals surface area (Å²) in [7, 11) is 0. The maximum Gasteiger partial charge on any atom is 0.270 e. The van der Waals surface area contributed by atoms with E-state index in [0.29, 0.717) is 12.3 Å². The van der Waals surface area contributed by atoms with Gasteiger partial charge < -0.3 is 20.3 Å². The fraction of sp³-hybridized carbons (Fsp3) is 0.350. The highest BCUT2D eigenvalue weighted by molar-refractivity contribution is 5.97. The van der Waals surface area contributed by atoms with E-state index in [1.807, 2.05) is 18.2 Å². The fourth-order valence-corrected chi connectivity index (χ4v) is 3.05. The van der Waals surface area contributed by atoms with Crippen LogP contribution in [0.3, 0.4) is 0 Å². The highest BCUT2D eigenvalue weighted by Gasteiger charge is 2.18. The fourth-order valence-electron chi connectivity index (χ4n) is 3.05. The first-order chi connectivity index (χ1) is 13.6. The minimum Gasteiger partial charge on any atom is -0.457 e. The number of nitro benzene ring substituents is 1. The molecule has 148 valence electrons. The zero-order chi connectivity index (χ0) is 19.8. The number of nitro groups is 1. The monoisotopic (exact) mass is 384 g/mol. The Hall–Kier alpha value is -2.97. The van der Waals surface area contributed by atoms with Crippen molar-refractivity contribution in [2.24, 2.45) is 0 Å². The average Bonchev–Trinajstić information content (AvgIpc) is 2.72. The molecule has 0 atom stereocenters. The summed E-state index contributed by atoms with van der Waals surface area (Å²) in [6, 6.07) is 13.1. The van der Waals surface area contributed by atoms with E-state index in [-0.39, 0.29) is 22.9 Å². The van der Waals surface area contributed by atoms with Crippen LogP contribution in [-0.4, -0.2) is 55.0 Å². The summed E-state index contributed by atoms with van der Waals surface area (Å²) < 4.78 is 5.77. The number of rotatable bonds is 8. The molecule has 0 unspecified atom stereocenters. The Balaban J connectivity index is 1.64. The Labute approximate surface area is 163 Å². The lowest BCUT2D eigenvalue weighted by atomic mass is 10.1. The topological polar surface area (TPSA) is 96.7 Å². The average molecular weight is 384 g/mol. The van der Waals surface area contributed by atoms with Crippen LogP contribution < -0.4 is 15.4 Å². The molecular weight excluding hydrogens is 360 g/mol. The molecule has 3 rings (SSSR count). The zero-order valence-corrected chi connectivity index (χ0v) is 15.6. The van der Waals surface area contributed by atoms with Gasteiger partial charge in [-0.25, -0.2) is 0 Å². The summed E-state index contributed by atoms with van der Waals surface area (Å²) in [5, 5.41) is 17.3. The molecule has 1 fully saturated rings. The van der Waals surface area contributed by atoms with Crippen molar-refractivity contribution in [3.05, 3.63) is 64.2 Å². The lowest BCUT2D eigenvalue weighted by Gasteiger charge is -2.27. The van der Waals surface area contributed by atoms with Crippen molar-refractivity contribution < 1.29 is 14.5 Å². The number of amides is 1. The van der Waals surface area contributed by atoms with Crippen LogP contribution >= 0.6 is 0 Å². The number of para-hydroxylation sites is 1. The van der Waals surface area contributed by atoms with Crippen molar-refractivity contribution in [2.75, 3.05) is 39.3 Å². The van der Waals surface area contributed by atoms with E-state index < -0.39 is 4.92 Å².